The second-order valence-electron chi connectivity index (χ2n) is 6.73. The Kier molecular flexibility index (Phi) is 3.95. The van der Waals surface area contributed by atoms with Crippen LogP contribution in [0.4, 0.5) is 0 Å². The largest absolute Gasteiger partial charge is 0.246 e. The number of aromatic nitrogens is 6. The molecule has 142 valence electrons. The quantitative estimate of drug-likeness (QED) is 0.505. The first-order valence-corrected chi connectivity index (χ1v) is 10.3. The van der Waals surface area contributed by atoms with Crippen molar-refractivity contribution in [2.24, 2.45) is 0 Å². The summed E-state index contributed by atoms with van der Waals surface area (Å²) >= 11 is 0. The summed E-state index contributed by atoms with van der Waals surface area (Å²) in [6.07, 6.45) is 5.02. The first-order valence-electron chi connectivity index (χ1n) is 8.83. The molecule has 1 aliphatic heterocycles. The van der Waals surface area contributed by atoms with Crippen molar-refractivity contribution < 1.29 is 8.42 Å². The zero-order chi connectivity index (χ0) is 19.1. The molecule has 0 bridgehead atoms. The monoisotopic (exact) mass is 395 g/mol. The molecule has 0 aliphatic carbocycles. The van der Waals surface area contributed by atoms with E-state index in [0.29, 0.717) is 24.5 Å². The van der Waals surface area contributed by atoms with E-state index in [1.54, 1.807) is 29.2 Å². The summed E-state index contributed by atoms with van der Waals surface area (Å²) in [5.41, 5.74) is 0.729. The highest BCUT2D eigenvalue weighted by Gasteiger charge is 2.38. The molecule has 1 fully saturated rings. The van der Waals surface area contributed by atoms with Gasteiger partial charge in [0.15, 0.2) is 0 Å². The molecule has 0 saturated carbocycles. The molecule has 1 saturated heterocycles. The molecule has 28 heavy (non-hydrogen) atoms. The fourth-order valence-corrected chi connectivity index (χ4v) is 4.84. The van der Waals surface area contributed by atoms with Gasteiger partial charge in [-0.05, 0) is 22.9 Å². The van der Waals surface area contributed by atoms with Gasteiger partial charge in [-0.25, -0.2) is 13.1 Å². The minimum Gasteiger partial charge on any atom is -0.246 e. The standard InChI is InChI=1S/C18H17N7O2S/c26-28(27,18-6-5-14-3-1-2-4-15(14)9-18)23-12-17(13-23)24-10-16(21-22-24)11-25-19-7-8-20-25/h1-10,17H,11-13H2. The topological polar surface area (TPSA) is 98.8 Å². The minimum atomic E-state index is -3.52. The predicted molar refractivity (Wildman–Crippen MR) is 101 cm³/mol. The molecule has 5 rings (SSSR count). The van der Waals surface area contributed by atoms with Crippen LogP contribution in [-0.2, 0) is 16.6 Å². The van der Waals surface area contributed by atoms with Gasteiger partial charge in [0, 0.05) is 13.1 Å². The first kappa shape index (κ1) is 17.0. The van der Waals surface area contributed by atoms with Crippen LogP contribution in [0.25, 0.3) is 10.8 Å². The molecule has 0 atom stereocenters. The molecule has 2 aromatic carbocycles. The average molecular weight is 395 g/mol. The van der Waals surface area contributed by atoms with Crippen molar-refractivity contribution >= 4 is 20.8 Å². The summed E-state index contributed by atoms with van der Waals surface area (Å²) in [6, 6.07) is 12.9. The molecule has 4 aromatic rings. The highest BCUT2D eigenvalue weighted by molar-refractivity contribution is 7.89. The van der Waals surface area contributed by atoms with E-state index in [0.717, 1.165) is 16.5 Å². The van der Waals surface area contributed by atoms with Gasteiger partial charge in [-0.15, -0.1) is 5.10 Å². The van der Waals surface area contributed by atoms with Gasteiger partial charge >= 0.3 is 0 Å². The SMILES string of the molecule is O=S(=O)(c1ccc2ccccc2c1)N1CC(n2cc(Cn3nccn3)nn2)C1. The maximum absolute atomic E-state index is 12.9. The number of fused-ring (bicyclic) bond motifs is 1. The third-order valence-electron chi connectivity index (χ3n) is 4.89. The highest BCUT2D eigenvalue weighted by atomic mass is 32.2. The molecule has 1 aliphatic rings. The van der Waals surface area contributed by atoms with Crippen molar-refractivity contribution in [3.8, 4) is 0 Å². The third-order valence-corrected chi connectivity index (χ3v) is 6.72. The van der Waals surface area contributed by atoms with Crippen LogP contribution >= 0.6 is 0 Å². The summed E-state index contributed by atoms with van der Waals surface area (Å²) < 4.78 is 29.0. The molecule has 3 heterocycles. The van der Waals surface area contributed by atoms with Crippen LogP contribution < -0.4 is 0 Å². The molecule has 10 heteroatoms. The molecule has 0 unspecified atom stereocenters. The van der Waals surface area contributed by atoms with Crippen LogP contribution in [0.1, 0.15) is 11.7 Å². The summed E-state index contributed by atoms with van der Waals surface area (Å²) in [4.78, 5) is 1.83. The summed E-state index contributed by atoms with van der Waals surface area (Å²) in [5.74, 6) is 0. The lowest BCUT2D eigenvalue weighted by atomic mass is 10.1. The van der Waals surface area contributed by atoms with E-state index in [1.165, 1.54) is 9.10 Å². The number of hydrogen-bond donors (Lipinski definition) is 0. The lowest BCUT2D eigenvalue weighted by Crippen LogP contribution is -2.50. The van der Waals surface area contributed by atoms with E-state index in [9.17, 15) is 8.42 Å². The minimum absolute atomic E-state index is 0.0259. The molecule has 0 spiro atoms. The lowest BCUT2D eigenvalue weighted by Gasteiger charge is -2.37. The zero-order valence-electron chi connectivity index (χ0n) is 14.8. The lowest BCUT2D eigenvalue weighted by molar-refractivity contribution is 0.189. The fourth-order valence-electron chi connectivity index (χ4n) is 3.29. The van der Waals surface area contributed by atoms with Gasteiger partial charge < -0.3 is 0 Å². The van der Waals surface area contributed by atoms with Crippen molar-refractivity contribution in [2.75, 3.05) is 13.1 Å². The Hall–Kier alpha value is -3.11. The molecule has 0 amide bonds. The maximum Gasteiger partial charge on any atom is 0.243 e. The zero-order valence-corrected chi connectivity index (χ0v) is 15.6. The Morgan fingerprint density at radius 3 is 2.54 bits per heavy atom. The fraction of sp³-hybridized carbons (Fsp3) is 0.222. The smallest absolute Gasteiger partial charge is 0.243 e. The van der Waals surface area contributed by atoms with Crippen molar-refractivity contribution in [3.05, 3.63) is 66.7 Å². The normalized spacial score (nSPS) is 15.7. The summed E-state index contributed by atoms with van der Waals surface area (Å²) in [5, 5.41) is 18.3. The van der Waals surface area contributed by atoms with Crippen LogP contribution in [0.15, 0.2) is 66.0 Å². The Balaban J connectivity index is 1.29. The van der Waals surface area contributed by atoms with Crippen molar-refractivity contribution in [2.45, 2.75) is 17.5 Å². The van der Waals surface area contributed by atoms with E-state index >= 15 is 0 Å². The Morgan fingerprint density at radius 1 is 1.00 bits per heavy atom. The molecular formula is C18H17N7O2S. The van der Waals surface area contributed by atoms with Crippen molar-refractivity contribution in [1.82, 2.24) is 34.3 Å². The second-order valence-corrected chi connectivity index (χ2v) is 8.67. The van der Waals surface area contributed by atoms with Gasteiger partial charge in [-0.2, -0.15) is 19.3 Å². The maximum atomic E-state index is 12.9. The predicted octanol–water partition coefficient (Wildman–Crippen LogP) is 1.32. The van der Waals surface area contributed by atoms with E-state index < -0.39 is 10.0 Å². The van der Waals surface area contributed by atoms with Crippen LogP contribution in [-0.4, -0.2) is 55.8 Å². The van der Waals surface area contributed by atoms with Crippen LogP contribution in [0.5, 0.6) is 0 Å². The van der Waals surface area contributed by atoms with E-state index in [1.807, 2.05) is 36.5 Å². The van der Waals surface area contributed by atoms with Gasteiger partial charge in [0.25, 0.3) is 0 Å². The molecule has 0 radical (unpaired) electrons. The van der Waals surface area contributed by atoms with Crippen molar-refractivity contribution in [3.63, 3.8) is 0 Å². The molecule has 2 aromatic heterocycles. The highest BCUT2D eigenvalue weighted by Crippen LogP contribution is 2.29. The molecule has 0 N–H and O–H groups in total. The van der Waals surface area contributed by atoms with Crippen LogP contribution in [0.3, 0.4) is 0 Å². The third kappa shape index (κ3) is 2.96. The van der Waals surface area contributed by atoms with Gasteiger partial charge in [-0.3, -0.25) is 0 Å². The summed E-state index contributed by atoms with van der Waals surface area (Å²) in [7, 11) is -3.52. The molecule has 9 nitrogen and oxygen atoms in total. The number of hydrogen-bond acceptors (Lipinski definition) is 6. The van der Waals surface area contributed by atoms with E-state index in [-0.39, 0.29) is 6.04 Å². The van der Waals surface area contributed by atoms with Crippen LogP contribution in [0.2, 0.25) is 0 Å². The van der Waals surface area contributed by atoms with Crippen molar-refractivity contribution in [1.29, 1.82) is 0 Å². The number of benzene rings is 2. The number of nitrogens with zero attached hydrogens (tertiary/aromatic N) is 7. The Labute approximate surface area is 161 Å². The molecular weight excluding hydrogens is 378 g/mol. The van der Waals surface area contributed by atoms with Crippen LogP contribution in [0, 0.1) is 0 Å². The average Bonchev–Trinajstić information content (AvgIpc) is 3.33. The van der Waals surface area contributed by atoms with Gasteiger partial charge in [0.1, 0.15) is 12.2 Å². The van der Waals surface area contributed by atoms with Gasteiger partial charge in [0.05, 0.1) is 29.5 Å². The van der Waals surface area contributed by atoms with E-state index in [2.05, 4.69) is 20.5 Å². The first-order chi connectivity index (χ1) is 13.6. The Bertz CT molecular complexity index is 1230. The Morgan fingerprint density at radius 2 is 1.75 bits per heavy atom. The summed E-state index contributed by atoms with van der Waals surface area (Å²) in [6.45, 7) is 1.18. The number of rotatable bonds is 5. The second kappa shape index (κ2) is 6.50. The number of sulfonamides is 1. The van der Waals surface area contributed by atoms with E-state index in [4.69, 9.17) is 0 Å². The van der Waals surface area contributed by atoms with Gasteiger partial charge in [0.2, 0.25) is 10.0 Å². The van der Waals surface area contributed by atoms with Gasteiger partial charge in [-0.1, -0.05) is 35.5 Å².